The van der Waals surface area contributed by atoms with Crippen molar-refractivity contribution in [1.29, 1.82) is 0 Å². The van der Waals surface area contributed by atoms with E-state index in [2.05, 4.69) is 0 Å². The molecular formula is C11H15F3. The normalized spacial score (nSPS) is 28.5. The first kappa shape index (κ1) is 11.3. The lowest BCUT2D eigenvalue weighted by atomic mass is 9.80. The van der Waals surface area contributed by atoms with E-state index in [9.17, 15) is 13.2 Å². The van der Waals surface area contributed by atoms with E-state index < -0.39 is 11.6 Å². The van der Waals surface area contributed by atoms with Crippen molar-refractivity contribution in [3.8, 4) is 0 Å². The maximum Gasteiger partial charge on any atom is 0.394 e. The highest BCUT2D eigenvalue weighted by Crippen LogP contribution is 2.46. The fourth-order valence-corrected chi connectivity index (χ4v) is 1.62. The molecule has 1 aliphatic rings. The quantitative estimate of drug-likeness (QED) is 0.599. The molecule has 0 amide bonds. The molecule has 0 fully saturated rings. The summed E-state index contributed by atoms with van der Waals surface area (Å²) in [5.74, 6) is 0. The minimum atomic E-state index is -4.12. The average molecular weight is 204 g/mol. The van der Waals surface area contributed by atoms with Gasteiger partial charge in [0.15, 0.2) is 0 Å². The molecule has 0 saturated heterocycles. The van der Waals surface area contributed by atoms with Gasteiger partial charge in [0.1, 0.15) is 0 Å². The van der Waals surface area contributed by atoms with Gasteiger partial charge in [-0.25, -0.2) is 0 Å². The molecule has 0 radical (unpaired) electrons. The summed E-state index contributed by atoms with van der Waals surface area (Å²) in [5, 5.41) is 0. The third kappa shape index (κ3) is 2.20. The van der Waals surface area contributed by atoms with Gasteiger partial charge < -0.3 is 0 Å². The van der Waals surface area contributed by atoms with Crippen molar-refractivity contribution in [2.45, 2.75) is 39.3 Å². The van der Waals surface area contributed by atoms with Crippen molar-refractivity contribution >= 4 is 0 Å². The number of hydrogen-bond acceptors (Lipinski definition) is 0. The second-order valence-electron chi connectivity index (χ2n) is 4.05. The Balaban J connectivity index is 2.92. The Labute approximate surface area is 82.5 Å². The molecule has 0 saturated carbocycles. The zero-order chi connectivity index (χ0) is 10.8. The van der Waals surface area contributed by atoms with Crippen molar-refractivity contribution in [2.75, 3.05) is 0 Å². The van der Waals surface area contributed by atoms with Crippen LogP contribution in [0.1, 0.15) is 33.1 Å². The maximum absolute atomic E-state index is 12.8. The first-order chi connectivity index (χ1) is 6.39. The molecule has 0 nitrogen and oxygen atoms in total. The summed E-state index contributed by atoms with van der Waals surface area (Å²) < 4.78 is 38.3. The van der Waals surface area contributed by atoms with Crippen LogP contribution in [-0.2, 0) is 0 Å². The molecule has 1 aliphatic carbocycles. The molecule has 3 heteroatoms. The summed E-state index contributed by atoms with van der Waals surface area (Å²) in [6, 6.07) is 0. The van der Waals surface area contributed by atoms with Crippen LogP contribution in [0.25, 0.3) is 0 Å². The molecule has 0 aromatic carbocycles. The van der Waals surface area contributed by atoms with Gasteiger partial charge in [-0.1, -0.05) is 37.6 Å². The van der Waals surface area contributed by atoms with E-state index in [1.807, 2.05) is 6.92 Å². The van der Waals surface area contributed by atoms with Crippen LogP contribution in [0.4, 0.5) is 13.2 Å². The molecule has 80 valence electrons. The van der Waals surface area contributed by atoms with E-state index in [0.29, 0.717) is 6.42 Å². The molecule has 0 aliphatic heterocycles. The summed E-state index contributed by atoms with van der Waals surface area (Å²) in [4.78, 5) is 0. The van der Waals surface area contributed by atoms with Crippen LogP contribution in [0.2, 0.25) is 0 Å². The molecule has 0 heterocycles. The van der Waals surface area contributed by atoms with Crippen molar-refractivity contribution in [2.24, 2.45) is 5.41 Å². The molecule has 0 spiro atoms. The van der Waals surface area contributed by atoms with Gasteiger partial charge in [-0.3, -0.25) is 0 Å². The molecule has 0 unspecified atom stereocenters. The Morgan fingerprint density at radius 1 is 1.43 bits per heavy atom. The third-order valence-corrected chi connectivity index (χ3v) is 2.79. The predicted octanol–water partition coefficient (Wildman–Crippen LogP) is 4.24. The summed E-state index contributed by atoms with van der Waals surface area (Å²) >= 11 is 0. The van der Waals surface area contributed by atoms with Crippen LogP contribution >= 0.6 is 0 Å². The van der Waals surface area contributed by atoms with E-state index in [0.717, 1.165) is 5.57 Å². The fraction of sp³-hybridized carbons (Fsp3) is 0.636. The summed E-state index contributed by atoms with van der Waals surface area (Å²) in [5.41, 5.74) is -0.708. The Morgan fingerprint density at radius 2 is 2.07 bits per heavy atom. The highest BCUT2D eigenvalue weighted by atomic mass is 19.4. The molecule has 0 aromatic heterocycles. The van der Waals surface area contributed by atoms with Gasteiger partial charge in [0, 0.05) is 0 Å². The minimum absolute atomic E-state index is 0.0799. The third-order valence-electron chi connectivity index (χ3n) is 2.79. The number of rotatable bonds is 1. The zero-order valence-corrected chi connectivity index (χ0v) is 8.49. The second-order valence-corrected chi connectivity index (χ2v) is 4.05. The zero-order valence-electron chi connectivity index (χ0n) is 8.49. The van der Waals surface area contributed by atoms with Gasteiger partial charge >= 0.3 is 6.18 Å². The van der Waals surface area contributed by atoms with Crippen molar-refractivity contribution < 1.29 is 13.2 Å². The van der Waals surface area contributed by atoms with Crippen molar-refractivity contribution in [1.82, 2.24) is 0 Å². The van der Waals surface area contributed by atoms with E-state index in [1.54, 1.807) is 18.2 Å². The molecule has 14 heavy (non-hydrogen) atoms. The van der Waals surface area contributed by atoms with Gasteiger partial charge in [0.25, 0.3) is 0 Å². The summed E-state index contributed by atoms with van der Waals surface area (Å²) in [6.07, 6.45) is 1.92. The Hall–Kier alpha value is -0.730. The lowest BCUT2D eigenvalue weighted by Crippen LogP contribution is -2.34. The summed E-state index contributed by atoms with van der Waals surface area (Å²) in [6.45, 7) is 3.19. The van der Waals surface area contributed by atoms with E-state index in [1.165, 1.54) is 6.92 Å². The van der Waals surface area contributed by atoms with Crippen LogP contribution < -0.4 is 0 Å². The van der Waals surface area contributed by atoms with Crippen LogP contribution in [0.3, 0.4) is 0 Å². The van der Waals surface area contributed by atoms with Gasteiger partial charge in [-0.15, -0.1) is 0 Å². The van der Waals surface area contributed by atoms with E-state index >= 15 is 0 Å². The van der Waals surface area contributed by atoms with E-state index in [4.69, 9.17) is 0 Å². The minimum Gasteiger partial charge on any atom is -0.170 e. The molecule has 0 N–H and O–H groups in total. The monoisotopic (exact) mass is 204 g/mol. The Bertz CT molecular complexity index is 260. The van der Waals surface area contributed by atoms with Gasteiger partial charge in [-0.2, -0.15) is 13.2 Å². The standard InChI is InChI=1S/C11H15F3/c1-3-9-6-4-5-7-10(2,8-9)11(12,13)14/h4-6H,3,7-8H2,1-2H3/t10-/m1/s1. The van der Waals surface area contributed by atoms with Crippen molar-refractivity contribution in [3.63, 3.8) is 0 Å². The van der Waals surface area contributed by atoms with E-state index in [-0.39, 0.29) is 12.8 Å². The van der Waals surface area contributed by atoms with Gasteiger partial charge in [0.05, 0.1) is 5.41 Å². The number of allylic oxidation sites excluding steroid dienone is 4. The number of hydrogen-bond donors (Lipinski definition) is 0. The van der Waals surface area contributed by atoms with Crippen LogP contribution in [-0.4, -0.2) is 6.18 Å². The molecule has 0 aromatic rings. The summed E-state index contributed by atoms with van der Waals surface area (Å²) in [7, 11) is 0. The van der Waals surface area contributed by atoms with Gasteiger partial charge in [-0.05, 0) is 19.3 Å². The first-order valence-corrected chi connectivity index (χ1v) is 4.80. The first-order valence-electron chi connectivity index (χ1n) is 4.80. The average Bonchev–Trinajstić information content (AvgIpc) is 2.26. The lowest BCUT2D eigenvalue weighted by molar-refractivity contribution is -0.216. The highest BCUT2D eigenvalue weighted by molar-refractivity contribution is 5.18. The van der Waals surface area contributed by atoms with Crippen LogP contribution in [0.15, 0.2) is 23.8 Å². The highest BCUT2D eigenvalue weighted by Gasteiger charge is 2.50. The topological polar surface area (TPSA) is 0 Å². The van der Waals surface area contributed by atoms with Crippen molar-refractivity contribution in [3.05, 3.63) is 23.8 Å². The van der Waals surface area contributed by atoms with Crippen LogP contribution in [0.5, 0.6) is 0 Å². The number of halogens is 3. The largest absolute Gasteiger partial charge is 0.394 e. The lowest BCUT2D eigenvalue weighted by Gasteiger charge is -2.31. The SMILES string of the molecule is CCC1=CC=CC[C@@](C)(C(F)(F)F)C1. The Kier molecular flexibility index (Phi) is 3.07. The van der Waals surface area contributed by atoms with Gasteiger partial charge in [0.2, 0.25) is 0 Å². The second kappa shape index (κ2) is 3.79. The van der Waals surface area contributed by atoms with Crippen LogP contribution in [0, 0.1) is 5.41 Å². The smallest absolute Gasteiger partial charge is 0.170 e. The number of alkyl halides is 3. The predicted molar refractivity (Wildman–Crippen MR) is 50.9 cm³/mol. The fourth-order valence-electron chi connectivity index (χ4n) is 1.62. The molecule has 0 bridgehead atoms. The maximum atomic E-state index is 12.8. The molecular weight excluding hydrogens is 189 g/mol. The molecule has 1 rings (SSSR count). The molecule has 1 atom stereocenters. The Morgan fingerprint density at radius 3 is 2.57 bits per heavy atom.